The molecule has 0 aliphatic carbocycles. The Hall–Kier alpha value is -1.94. The van der Waals surface area contributed by atoms with Gasteiger partial charge in [-0.3, -0.25) is 37.3 Å². The molecule has 0 rings (SSSR count). The number of hydrogen-bond acceptors (Lipinski definition) is 15. The van der Waals surface area contributed by atoms with Crippen molar-refractivity contribution in [1.82, 2.24) is 0 Å². The van der Waals surface area contributed by atoms with Crippen LogP contribution in [0.1, 0.15) is 363 Å². The highest BCUT2D eigenvalue weighted by Gasteiger charge is 2.30. The standard InChI is InChI=1S/C71H138O17P2/c1-7-10-12-14-16-18-20-22-24-28-35-41-47-53-68(73)81-59-66(87-70(75)55-49-43-37-29-25-23-21-19-17-15-13-11-8-2)61-85-89(77,78)83-57-65(72)58-84-90(79,80)86-62-67(88-71(76)56-50-44-38-30-26-27-33-39-45-51-63(4)5)60-82-69(74)54-48-42-36-32-31-34-40-46-52-64(6)9-3/h63-67,72H,7-62H2,1-6H3,(H,77,78)(H,79,80)/t64?,65-,66-,67-/m1/s1. The SMILES string of the molecule is CCCCCCCCCCCCCCCC(=O)OC[C@H](COP(=O)(O)OC[C@@H](O)COP(=O)(O)OC[C@@H](COC(=O)CCCCCCCCCCC(C)CC)OC(=O)CCCCCCCCCCCC(C)C)OC(=O)CCCCCCCCCCCCCCC. The third kappa shape index (κ3) is 63.5. The number of phosphoric acid groups is 2. The summed E-state index contributed by atoms with van der Waals surface area (Å²) in [5, 5.41) is 10.6. The molecular weight excluding hydrogens is 1190 g/mol. The van der Waals surface area contributed by atoms with Crippen molar-refractivity contribution in [1.29, 1.82) is 0 Å². The fourth-order valence-electron chi connectivity index (χ4n) is 10.7. The van der Waals surface area contributed by atoms with Gasteiger partial charge in [0.2, 0.25) is 0 Å². The number of aliphatic hydroxyl groups excluding tert-OH is 1. The minimum Gasteiger partial charge on any atom is -0.462 e. The molecule has 0 aromatic rings. The number of ether oxygens (including phenoxy) is 4. The van der Waals surface area contributed by atoms with Gasteiger partial charge in [0.05, 0.1) is 26.4 Å². The predicted molar refractivity (Wildman–Crippen MR) is 363 cm³/mol. The molecule has 90 heavy (non-hydrogen) atoms. The van der Waals surface area contributed by atoms with E-state index < -0.39 is 97.5 Å². The first-order valence-electron chi connectivity index (χ1n) is 37.0. The van der Waals surface area contributed by atoms with Crippen LogP contribution in [-0.2, 0) is 65.4 Å². The van der Waals surface area contributed by atoms with Crippen molar-refractivity contribution in [2.45, 2.75) is 381 Å². The van der Waals surface area contributed by atoms with Crippen molar-refractivity contribution in [3.63, 3.8) is 0 Å². The summed E-state index contributed by atoms with van der Waals surface area (Å²) >= 11 is 0. The number of unbranched alkanes of at least 4 members (excludes halogenated alkanes) is 39. The maximum absolute atomic E-state index is 13.0. The van der Waals surface area contributed by atoms with Gasteiger partial charge in [0.25, 0.3) is 0 Å². The van der Waals surface area contributed by atoms with Gasteiger partial charge >= 0.3 is 39.5 Å². The molecule has 0 saturated heterocycles. The smallest absolute Gasteiger partial charge is 0.462 e. The highest BCUT2D eigenvalue weighted by atomic mass is 31.2. The van der Waals surface area contributed by atoms with Crippen molar-refractivity contribution in [2.75, 3.05) is 39.6 Å². The van der Waals surface area contributed by atoms with Crippen molar-refractivity contribution < 1.29 is 80.2 Å². The third-order valence-corrected chi connectivity index (χ3v) is 18.7. The van der Waals surface area contributed by atoms with E-state index >= 15 is 0 Å². The van der Waals surface area contributed by atoms with Gasteiger partial charge in [0.1, 0.15) is 19.3 Å². The highest BCUT2D eigenvalue weighted by molar-refractivity contribution is 7.47. The quantitative estimate of drug-likeness (QED) is 0.0222. The summed E-state index contributed by atoms with van der Waals surface area (Å²) in [4.78, 5) is 72.6. The second-order valence-corrected chi connectivity index (χ2v) is 29.3. The van der Waals surface area contributed by atoms with E-state index in [2.05, 4.69) is 41.5 Å². The topological polar surface area (TPSA) is 237 Å². The molecule has 0 amide bonds. The largest absolute Gasteiger partial charge is 0.472 e. The van der Waals surface area contributed by atoms with Gasteiger partial charge in [0.15, 0.2) is 12.2 Å². The molecule has 6 atom stereocenters. The molecule has 3 N–H and O–H groups in total. The highest BCUT2D eigenvalue weighted by Crippen LogP contribution is 2.45. The van der Waals surface area contributed by atoms with Gasteiger partial charge in [-0.05, 0) is 37.5 Å². The van der Waals surface area contributed by atoms with Crippen LogP contribution < -0.4 is 0 Å². The first-order valence-corrected chi connectivity index (χ1v) is 40.0. The van der Waals surface area contributed by atoms with Crippen LogP contribution in [0.5, 0.6) is 0 Å². The van der Waals surface area contributed by atoms with E-state index in [1.807, 2.05) is 0 Å². The van der Waals surface area contributed by atoms with Crippen molar-refractivity contribution >= 4 is 39.5 Å². The number of carbonyl (C=O) groups excluding carboxylic acids is 4. The number of aliphatic hydroxyl groups is 1. The lowest BCUT2D eigenvalue weighted by molar-refractivity contribution is -0.161. The lowest BCUT2D eigenvalue weighted by Gasteiger charge is -2.21. The Morgan fingerprint density at radius 2 is 0.567 bits per heavy atom. The molecule has 0 fully saturated rings. The molecule has 534 valence electrons. The van der Waals surface area contributed by atoms with Crippen LogP contribution >= 0.6 is 15.6 Å². The van der Waals surface area contributed by atoms with Gasteiger partial charge in [-0.1, -0.05) is 311 Å². The maximum atomic E-state index is 13.0. The maximum Gasteiger partial charge on any atom is 0.472 e. The first kappa shape index (κ1) is 88.1. The van der Waals surface area contributed by atoms with E-state index in [-0.39, 0.29) is 25.7 Å². The van der Waals surface area contributed by atoms with Gasteiger partial charge in [-0.25, -0.2) is 9.13 Å². The summed E-state index contributed by atoms with van der Waals surface area (Å²) in [6.45, 7) is 9.54. The minimum atomic E-state index is -4.95. The molecule has 0 aromatic carbocycles. The summed E-state index contributed by atoms with van der Waals surface area (Å²) in [5.74, 6) is -0.607. The van der Waals surface area contributed by atoms with E-state index in [9.17, 15) is 43.2 Å². The summed E-state index contributed by atoms with van der Waals surface area (Å²) in [7, 11) is -9.90. The number of phosphoric ester groups is 2. The number of hydrogen-bond donors (Lipinski definition) is 3. The first-order chi connectivity index (χ1) is 43.4. The van der Waals surface area contributed by atoms with Gasteiger partial charge in [-0.15, -0.1) is 0 Å². The van der Waals surface area contributed by atoms with Gasteiger partial charge < -0.3 is 33.8 Å². The lowest BCUT2D eigenvalue weighted by Crippen LogP contribution is -2.30. The molecule has 0 spiro atoms. The van der Waals surface area contributed by atoms with Crippen LogP contribution in [0.4, 0.5) is 0 Å². The normalized spacial score (nSPS) is 14.4. The molecule has 0 aromatic heterocycles. The molecule has 0 saturated carbocycles. The summed E-state index contributed by atoms with van der Waals surface area (Å²) < 4.78 is 68.3. The zero-order valence-electron chi connectivity index (χ0n) is 58.4. The molecular formula is C71H138O17P2. The molecule has 3 unspecified atom stereocenters. The van der Waals surface area contributed by atoms with E-state index in [1.165, 1.54) is 180 Å². The Balaban J connectivity index is 5.27. The zero-order chi connectivity index (χ0) is 66.5. The van der Waals surface area contributed by atoms with Crippen molar-refractivity contribution in [3.05, 3.63) is 0 Å². The molecule has 0 bridgehead atoms. The summed E-state index contributed by atoms with van der Waals surface area (Å²) in [6, 6.07) is 0. The van der Waals surface area contributed by atoms with Crippen molar-refractivity contribution in [2.24, 2.45) is 11.8 Å². The van der Waals surface area contributed by atoms with E-state index in [4.69, 9.17) is 37.0 Å². The van der Waals surface area contributed by atoms with Crippen LogP contribution in [0, 0.1) is 11.8 Å². The van der Waals surface area contributed by atoms with Crippen LogP contribution in [0.3, 0.4) is 0 Å². The van der Waals surface area contributed by atoms with Crippen LogP contribution in [0.15, 0.2) is 0 Å². The van der Waals surface area contributed by atoms with Crippen LogP contribution in [0.2, 0.25) is 0 Å². The van der Waals surface area contributed by atoms with E-state index in [0.29, 0.717) is 25.7 Å². The zero-order valence-corrected chi connectivity index (χ0v) is 60.2. The van der Waals surface area contributed by atoms with Crippen LogP contribution in [-0.4, -0.2) is 96.7 Å². The lowest BCUT2D eigenvalue weighted by atomic mass is 9.99. The second-order valence-electron chi connectivity index (χ2n) is 26.3. The van der Waals surface area contributed by atoms with E-state index in [0.717, 1.165) is 102 Å². The van der Waals surface area contributed by atoms with Gasteiger partial charge in [0, 0.05) is 25.7 Å². The van der Waals surface area contributed by atoms with Crippen molar-refractivity contribution in [3.8, 4) is 0 Å². The summed E-state index contributed by atoms with van der Waals surface area (Å²) in [6.07, 6.45) is 48.4. The Bertz CT molecular complexity index is 1750. The third-order valence-electron chi connectivity index (χ3n) is 16.8. The Morgan fingerprint density at radius 1 is 0.322 bits per heavy atom. The fourth-order valence-corrected chi connectivity index (χ4v) is 12.3. The average Bonchev–Trinajstić information content (AvgIpc) is 2.89. The average molecular weight is 1330 g/mol. The number of rotatable bonds is 70. The summed E-state index contributed by atoms with van der Waals surface area (Å²) in [5.41, 5.74) is 0. The monoisotopic (exact) mass is 1320 g/mol. The molecule has 0 aliphatic rings. The van der Waals surface area contributed by atoms with Crippen LogP contribution in [0.25, 0.3) is 0 Å². The predicted octanol–water partition coefficient (Wildman–Crippen LogP) is 20.4. The molecule has 19 heteroatoms. The van der Waals surface area contributed by atoms with Gasteiger partial charge in [-0.2, -0.15) is 0 Å². The molecule has 0 radical (unpaired) electrons. The fraction of sp³-hybridized carbons (Fsp3) is 0.944. The molecule has 0 aliphatic heterocycles. The minimum absolute atomic E-state index is 0.105. The Morgan fingerprint density at radius 3 is 0.844 bits per heavy atom. The Kier molecular flexibility index (Phi) is 61.8. The Labute approximate surface area is 549 Å². The van der Waals surface area contributed by atoms with E-state index in [1.54, 1.807) is 0 Å². The molecule has 17 nitrogen and oxygen atoms in total. The molecule has 0 heterocycles. The number of esters is 4. The second kappa shape index (κ2) is 63.1. The number of carbonyl (C=O) groups is 4.